The van der Waals surface area contributed by atoms with Crippen LogP contribution in [0.25, 0.3) is 11.1 Å². The van der Waals surface area contributed by atoms with Gasteiger partial charge in [0.05, 0.1) is 28.6 Å². The summed E-state index contributed by atoms with van der Waals surface area (Å²) in [7, 11) is -3.41. The molecule has 1 aliphatic rings. The summed E-state index contributed by atoms with van der Waals surface area (Å²) >= 11 is 0. The van der Waals surface area contributed by atoms with E-state index in [0.29, 0.717) is 16.0 Å². The predicted molar refractivity (Wildman–Crippen MR) is 118 cm³/mol. The first-order valence-electron chi connectivity index (χ1n) is 10.1. The fourth-order valence-corrected chi connectivity index (χ4v) is 4.50. The lowest BCUT2D eigenvalue weighted by Gasteiger charge is -2.41. The highest BCUT2D eigenvalue weighted by Gasteiger charge is 2.47. The van der Waals surface area contributed by atoms with Crippen LogP contribution in [-0.4, -0.2) is 45.3 Å². The van der Waals surface area contributed by atoms with Crippen molar-refractivity contribution in [2.45, 2.75) is 24.0 Å². The van der Waals surface area contributed by atoms with Gasteiger partial charge in [-0.25, -0.2) is 8.42 Å². The number of hydrogen-bond donors (Lipinski definition) is 0. The number of anilines is 2. The monoisotopic (exact) mass is 492 g/mol. The molecule has 0 saturated carbocycles. The second-order valence-electron chi connectivity index (χ2n) is 7.92. The molecule has 1 aliphatic heterocycles. The van der Waals surface area contributed by atoms with Crippen molar-refractivity contribution < 1.29 is 35.6 Å². The number of halogens is 3. The van der Waals surface area contributed by atoms with Gasteiger partial charge in [0.25, 0.3) is 5.91 Å². The Labute approximate surface area is 193 Å². The van der Waals surface area contributed by atoms with Gasteiger partial charge in [0.2, 0.25) is 0 Å². The Morgan fingerprint density at radius 1 is 1.00 bits per heavy atom. The highest BCUT2D eigenvalue weighted by atomic mass is 32.2. The quantitative estimate of drug-likeness (QED) is 0.544. The lowest BCUT2D eigenvalue weighted by Crippen LogP contribution is -2.55. The van der Waals surface area contributed by atoms with Crippen LogP contribution in [0.1, 0.15) is 17.5 Å². The summed E-state index contributed by atoms with van der Waals surface area (Å²) in [6.07, 6.45) is -2.72. The number of carbonyl (C=O) groups is 2. The van der Waals surface area contributed by atoms with Crippen LogP contribution in [0.3, 0.4) is 0 Å². The molecule has 178 valence electrons. The van der Waals surface area contributed by atoms with Crippen molar-refractivity contribution in [3.8, 4) is 11.1 Å². The lowest BCUT2D eigenvalue weighted by atomic mass is 10.00. The molecule has 0 N–H and O–H groups in total. The Morgan fingerprint density at radius 3 is 2.21 bits per heavy atom. The van der Waals surface area contributed by atoms with E-state index in [1.165, 1.54) is 60.6 Å². The molecule has 4 rings (SSSR count). The zero-order valence-corrected chi connectivity index (χ0v) is 18.9. The van der Waals surface area contributed by atoms with E-state index in [0.717, 1.165) is 6.26 Å². The molecule has 0 spiro atoms. The molecular weight excluding hydrogens is 473 g/mol. The molecule has 11 heteroatoms. The van der Waals surface area contributed by atoms with E-state index in [1.54, 1.807) is 12.1 Å². The molecule has 1 atom stereocenters. The van der Waals surface area contributed by atoms with Gasteiger partial charge < -0.3 is 9.32 Å². The number of hydrogen-bond acceptors (Lipinski definition) is 5. The van der Waals surface area contributed by atoms with Crippen LogP contribution in [0.15, 0.2) is 70.2 Å². The zero-order valence-electron chi connectivity index (χ0n) is 18.0. The Balaban J connectivity index is 1.84. The van der Waals surface area contributed by atoms with Crippen LogP contribution in [0.4, 0.5) is 24.5 Å². The van der Waals surface area contributed by atoms with Gasteiger partial charge in [-0.3, -0.25) is 14.5 Å². The molecule has 0 bridgehead atoms. The van der Waals surface area contributed by atoms with E-state index in [9.17, 15) is 31.2 Å². The second-order valence-corrected chi connectivity index (χ2v) is 9.93. The van der Waals surface area contributed by atoms with Gasteiger partial charge in [-0.2, -0.15) is 13.2 Å². The third kappa shape index (κ3) is 4.30. The number of fused-ring (bicyclic) bond motifs is 1. The first kappa shape index (κ1) is 23.6. The van der Waals surface area contributed by atoms with Crippen molar-refractivity contribution >= 4 is 33.0 Å². The number of rotatable bonds is 3. The summed E-state index contributed by atoms with van der Waals surface area (Å²) in [5, 5.41) is 0. The van der Waals surface area contributed by atoms with E-state index in [4.69, 9.17) is 4.42 Å². The standard InChI is InChI=1S/C23H19F3N2O5S/c1-14-13-27(21(29)20-4-3-11-33-20)19-12-16(15-5-8-17(9-6-15)34(2,31)32)7-10-18(19)28(14)22(30)23(24,25)26/h3-12,14H,13H2,1-2H3/t14-/m0/s1. The molecule has 7 nitrogen and oxygen atoms in total. The van der Waals surface area contributed by atoms with E-state index >= 15 is 0 Å². The Morgan fingerprint density at radius 2 is 1.65 bits per heavy atom. The maximum atomic E-state index is 13.3. The first-order valence-corrected chi connectivity index (χ1v) is 12.0. The third-order valence-electron chi connectivity index (χ3n) is 5.47. The fraction of sp³-hybridized carbons (Fsp3) is 0.217. The van der Waals surface area contributed by atoms with Crippen molar-refractivity contribution in [1.82, 2.24) is 0 Å². The molecule has 3 aromatic rings. The smallest absolute Gasteiger partial charge is 0.459 e. The van der Waals surface area contributed by atoms with Crippen molar-refractivity contribution in [3.63, 3.8) is 0 Å². The Kier molecular flexibility index (Phi) is 5.76. The average molecular weight is 492 g/mol. The van der Waals surface area contributed by atoms with Crippen LogP contribution in [-0.2, 0) is 14.6 Å². The molecule has 2 amide bonds. The number of furan rings is 1. The predicted octanol–water partition coefficient (Wildman–Crippen LogP) is 4.29. The third-order valence-corrected chi connectivity index (χ3v) is 6.60. The summed E-state index contributed by atoms with van der Waals surface area (Å²) in [5.41, 5.74) is 1.12. The summed E-state index contributed by atoms with van der Waals surface area (Å²) in [6.45, 7) is 1.23. The molecule has 2 heterocycles. The molecule has 0 aliphatic carbocycles. The number of sulfone groups is 1. The number of benzene rings is 2. The highest BCUT2D eigenvalue weighted by molar-refractivity contribution is 7.90. The molecule has 1 aromatic heterocycles. The number of alkyl halides is 3. The van der Waals surface area contributed by atoms with Gasteiger partial charge in [-0.05, 0) is 54.4 Å². The first-order chi connectivity index (χ1) is 15.9. The number of carbonyl (C=O) groups excluding carboxylic acids is 2. The molecule has 2 aromatic carbocycles. The summed E-state index contributed by atoms with van der Waals surface area (Å²) in [5.74, 6) is -2.60. The summed E-state index contributed by atoms with van der Waals surface area (Å²) in [4.78, 5) is 27.3. The van der Waals surface area contributed by atoms with Crippen molar-refractivity contribution in [1.29, 1.82) is 0 Å². The van der Waals surface area contributed by atoms with Gasteiger partial charge in [0, 0.05) is 12.8 Å². The normalized spacial score (nSPS) is 16.3. The maximum absolute atomic E-state index is 13.3. The van der Waals surface area contributed by atoms with Gasteiger partial charge in [0.15, 0.2) is 15.6 Å². The van der Waals surface area contributed by atoms with Gasteiger partial charge in [0.1, 0.15) is 0 Å². The minimum Gasteiger partial charge on any atom is -0.459 e. The molecule has 0 radical (unpaired) electrons. The van der Waals surface area contributed by atoms with Crippen LogP contribution < -0.4 is 9.80 Å². The number of amides is 2. The Hall–Kier alpha value is -3.60. The largest absolute Gasteiger partial charge is 0.471 e. The SMILES string of the molecule is C[C@H]1CN(C(=O)c2ccco2)c2cc(-c3ccc(S(C)(=O)=O)cc3)ccc2N1C(=O)C(F)(F)F. The van der Waals surface area contributed by atoms with Crippen molar-refractivity contribution in [2.24, 2.45) is 0 Å². The van der Waals surface area contributed by atoms with E-state index in [2.05, 4.69) is 0 Å². The molecule has 0 unspecified atom stereocenters. The summed E-state index contributed by atoms with van der Waals surface area (Å²) < 4.78 is 68.6. The molecular formula is C23H19F3N2O5S. The van der Waals surface area contributed by atoms with E-state index in [1.807, 2.05) is 0 Å². The summed E-state index contributed by atoms with van der Waals surface area (Å²) in [6, 6.07) is 12.3. The van der Waals surface area contributed by atoms with E-state index < -0.39 is 33.9 Å². The average Bonchev–Trinajstić information content (AvgIpc) is 3.31. The highest BCUT2D eigenvalue weighted by Crippen LogP contribution is 2.41. The van der Waals surface area contributed by atoms with Crippen LogP contribution in [0.2, 0.25) is 0 Å². The van der Waals surface area contributed by atoms with Gasteiger partial charge in [-0.1, -0.05) is 18.2 Å². The van der Waals surface area contributed by atoms with Gasteiger partial charge >= 0.3 is 12.1 Å². The van der Waals surface area contributed by atoms with Crippen molar-refractivity contribution in [2.75, 3.05) is 22.6 Å². The van der Waals surface area contributed by atoms with E-state index in [-0.39, 0.29) is 28.6 Å². The van der Waals surface area contributed by atoms with Crippen LogP contribution >= 0.6 is 0 Å². The molecule has 0 saturated heterocycles. The van der Waals surface area contributed by atoms with Crippen LogP contribution in [0.5, 0.6) is 0 Å². The van der Waals surface area contributed by atoms with Crippen molar-refractivity contribution in [3.05, 3.63) is 66.6 Å². The fourth-order valence-electron chi connectivity index (χ4n) is 3.87. The topological polar surface area (TPSA) is 87.9 Å². The maximum Gasteiger partial charge on any atom is 0.471 e. The Bertz CT molecular complexity index is 1350. The number of nitrogens with zero attached hydrogens (tertiary/aromatic N) is 2. The minimum atomic E-state index is -5.10. The molecule has 0 fully saturated rings. The minimum absolute atomic E-state index is 0.00310. The zero-order chi connectivity index (χ0) is 24.8. The second kappa shape index (κ2) is 8.32. The van der Waals surface area contributed by atoms with Crippen LogP contribution in [0, 0.1) is 0 Å². The van der Waals surface area contributed by atoms with Gasteiger partial charge in [-0.15, -0.1) is 0 Å². The lowest BCUT2D eigenvalue weighted by molar-refractivity contribution is -0.170. The molecule has 34 heavy (non-hydrogen) atoms.